The van der Waals surface area contributed by atoms with Crippen LogP contribution in [0.4, 0.5) is 0 Å². The molecule has 1 aromatic carbocycles. The van der Waals surface area contributed by atoms with Crippen LogP contribution in [0.2, 0.25) is 0 Å². The van der Waals surface area contributed by atoms with Gasteiger partial charge in [-0.2, -0.15) is 0 Å². The fraction of sp³-hybridized carbons (Fsp3) is 0.467. The maximum absolute atomic E-state index is 12.2. The van der Waals surface area contributed by atoms with Gasteiger partial charge >= 0.3 is 0 Å². The average molecular weight is 273 g/mol. The smallest absolute Gasteiger partial charge is 0.251 e. The lowest BCUT2D eigenvalue weighted by Gasteiger charge is -2.16. The summed E-state index contributed by atoms with van der Waals surface area (Å²) >= 11 is 0. The molecule has 2 N–H and O–H groups in total. The molecule has 2 atom stereocenters. The van der Waals surface area contributed by atoms with Gasteiger partial charge in [0.1, 0.15) is 0 Å². The van der Waals surface area contributed by atoms with Crippen LogP contribution in [0.25, 0.3) is 0 Å². The molecule has 1 fully saturated rings. The zero-order chi connectivity index (χ0) is 14.3. The Bertz CT molecular complexity index is 570. The largest absolute Gasteiger partial charge is 0.355 e. The van der Waals surface area contributed by atoms with Crippen LogP contribution in [0, 0.1) is 5.92 Å². The average Bonchev–Trinajstić information content (AvgIpc) is 2.78. The van der Waals surface area contributed by atoms with E-state index in [2.05, 4.69) is 22.6 Å². The zero-order valence-electron chi connectivity index (χ0n) is 11.8. The third-order valence-corrected chi connectivity index (χ3v) is 4.34. The van der Waals surface area contributed by atoms with Gasteiger partial charge in [-0.15, -0.1) is 0 Å². The van der Waals surface area contributed by atoms with Crippen molar-refractivity contribution in [1.82, 2.24) is 15.5 Å². The molecule has 2 aliphatic rings. The van der Waals surface area contributed by atoms with Crippen LogP contribution in [-0.2, 0) is 0 Å². The van der Waals surface area contributed by atoms with Crippen LogP contribution in [0.15, 0.2) is 18.2 Å². The first kappa shape index (κ1) is 13.1. The van der Waals surface area contributed by atoms with Crippen molar-refractivity contribution in [1.29, 1.82) is 0 Å². The molecule has 0 unspecified atom stereocenters. The van der Waals surface area contributed by atoms with E-state index in [1.807, 2.05) is 12.1 Å². The van der Waals surface area contributed by atoms with Crippen LogP contribution in [-0.4, -0.2) is 50.4 Å². The van der Waals surface area contributed by atoms with Crippen molar-refractivity contribution in [3.63, 3.8) is 0 Å². The number of likely N-dealkylation sites (tertiary alicyclic amines) is 1. The highest BCUT2D eigenvalue weighted by atomic mass is 16.2. The zero-order valence-corrected chi connectivity index (χ0v) is 11.8. The molecule has 0 aliphatic carbocycles. The molecule has 0 radical (unpaired) electrons. The first-order valence-electron chi connectivity index (χ1n) is 6.93. The molecule has 1 aromatic rings. The Balaban J connectivity index is 2.05. The summed E-state index contributed by atoms with van der Waals surface area (Å²) in [5.74, 6) is 0.594. The minimum atomic E-state index is -0.162. The van der Waals surface area contributed by atoms with E-state index in [9.17, 15) is 9.59 Å². The topological polar surface area (TPSA) is 61.4 Å². The van der Waals surface area contributed by atoms with Crippen LogP contribution >= 0.6 is 0 Å². The van der Waals surface area contributed by atoms with E-state index in [0.29, 0.717) is 29.5 Å². The quantitative estimate of drug-likeness (QED) is 0.780. The lowest BCUT2D eigenvalue weighted by atomic mass is 9.86. The molecule has 2 aliphatic heterocycles. The Morgan fingerprint density at radius 3 is 2.95 bits per heavy atom. The van der Waals surface area contributed by atoms with Gasteiger partial charge in [0.25, 0.3) is 11.8 Å². The molecular weight excluding hydrogens is 254 g/mol. The van der Waals surface area contributed by atoms with E-state index in [1.54, 1.807) is 13.1 Å². The van der Waals surface area contributed by atoms with E-state index in [4.69, 9.17) is 0 Å². The first-order chi connectivity index (χ1) is 9.60. The number of nitrogens with zero attached hydrogens (tertiary/aromatic N) is 1. The second-order valence-electron chi connectivity index (χ2n) is 5.68. The third kappa shape index (κ3) is 2.08. The third-order valence-electron chi connectivity index (χ3n) is 4.34. The molecule has 106 valence electrons. The number of nitrogens with one attached hydrogen (secondary N) is 2. The highest BCUT2D eigenvalue weighted by molar-refractivity contribution is 6.01. The molecule has 0 spiro atoms. The maximum Gasteiger partial charge on any atom is 0.251 e. The molecule has 5 heteroatoms. The molecule has 0 aromatic heterocycles. The van der Waals surface area contributed by atoms with Gasteiger partial charge in [0.2, 0.25) is 0 Å². The first-order valence-corrected chi connectivity index (χ1v) is 6.93. The van der Waals surface area contributed by atoms with Gasteiger partial charge in [-0.3, -0.25) is 9.59 Å². The van der Waals surface area contributed by atoms with Gasteiger partial charge in [-0.05, 0) is 30.7 Å². The van der Waals surface area contributed by atoms with Gasteiger partial charge in [0, 0.05) is 43.7 Å². The van der Waals surface area contributed by atoms with Crippen molar-refractivity contribution in [3.05, 3.63) is 34.9 Å². The standard InChI is InChI=1S/C15H19N3O2/c1-16-14(19)9-3-4-11-12(5-9)15(20)17-6-10-7-18(2)8-13(10)11/h3-5,10,13H,6-8H2,1-2H3,(H,16,19)(H,17,20)/t10-,13-/m0/s1. The number of likely N-dealkylation sites (N-methyl/N-ethyl adjacent to an activating group) is 1. The monoisotopic (exact) mass is 273 g/mol. The molecule has 2 heterocycles. The summed E-state index contributed by atoms with van der Waals surface area (Å²) in [6.07, 6.45) is 0. The second-order valence-corrected chi connectivity index (χ2v) is 5.68. The number of carbonyl (C=O) groups is 2. The van der Waals surface area contributed by atoms with Gasteiger partial charge in [-0.1, -0.05) is 6.07 Å². The Hall–Kier alpha value is -1.88. The number of amides is 2. The molecule has 3 rings (SSSR count). The molecule has 20 heavy (non-hydrogen) atoms. The molecule has 0 saturated carbocycles. The van der Waals surface area contributed by atoms with Crippen molar-refractivity contribution in [3.8, 4) is 0 Å². The normalized spacial score (nSPS) is 25.4. The van der Waals surface area contributed by atoms with Gasteiger partial charge in [0.05, 0.1) is 0 Å². The van der Waals surface area contributed by atoms with E-state index in [1.165, 1.54) is 0 Å². The Morgan fingerprint density at radius 1 is 1.40 bits per heavy atom. The number of hydrogen-bond acceptors (Lipinski definition) is 3. The molecular formula is C15H19N3O2. The van der Waals surface area contributed by atoms with E-state index in [-0.39, 0.29) is 11.8 Å². The highest BCUT2D eigenvalue weighted by Gasteiger charge is 2.36. The van der Waals surface area contributed by atoms with Crippen molar-refractivity contribution in [2.75, 3.05) is 33.7 Å². The summed E-state index contributed by atoms with van der Waals surface area (Å²) < 4.78 is 0. The van der Waals surface area contributed by atoms with E-state index in [0.717, 1.165) is 18.7 Å². The molecule has 5 nitrogen and oxygen atoms in total. The van der Waals surface area contributed by atoms with Crippen LogP contribution in [0.1, 0.15) is 32.2 Å². The van der Waals surface area contributed by atoms with Crippen molar-refractivity contribution < 1.29 is 9.59 Å². The number of hydrogen-bond donors (Lipinski definition) is 2. The van der Waals surface area contributed by atoms with Crippen molar-refractivity contribution in [2.45, 2.75) is 5.92 Å². The van der Waals surface area contributed by atoms with Crippen LogP contribution in [0.5, 0.6) is 0 Å². The molecule has 1 saturated heterocycles. The highest BCUT2D eigenvalue weighted by Crippen LogP contribution is 2.35. The van der Waals surface area contributed by atoms with Gasteiger partial charge < -0.3 is 15.5 Å². The summed E-state index contributed by atoms with van der Waals surface area (Å²) in [4.78, 5) is 26.2. The fourth-order valence-electron chi connectivity index (χ4n) is 3.33. The summed E-state index contributed by atoms with van der Waals surface area (Å²) in [5.41, 5.74) is 2.25. The van der Waals surface area contributed by atoms with E-state index >= 15 is 0 Å². The van der Waals surface area contributed by atoms with Crippen LogP contribution < -0.4 is 10.6 Å². The number of fused-ring (bicyclic) bond motifs is 3. The van der Waals surface area contributed by atoms with Crippen molar-refractivity contribution >= 4 is 11.8 Å². The summed E-state index contributed by atoms with van der Waals surface area (Å²) in [7, 11) is 3.70. The second kappa shape index (κ2) is 4.90. The minimum absolute atomic E-state index is 0.0668. The Morgan fingerprint density at radius 2 is 2.20 bits per heavy atom. The molecule has 0 bridgehead atoms. The van der Waals surface area contributed by atoms with Gasteiger partial charge in [-0.25, -0.2) is 0 Å². The van der Waals surface area contributed by atoms with Crippen molar-refractivity contribution in [2.24, 2.45) is 5.92 Å². The summed E-state index contributed by atoms with van der Waals surface area (Å²) in [6, 6.07) is 5.47. The van der Waals surface area contributed by atoms with Crippen LogP contribution in [0.3, 0.4) is 0 Å². The van der Waals surface area contributed by atoms with E-state index < -0.39 is 0 Å². The number of benzene rings is 1. The Kier molecular flexibility index (Phi) is 3.22. The summed E-state index contributed by atoms with van der Waals surface area (Å²) in [6.45, 7) is 2.67. The minimum Gasteiger partial charge on any atom is -0.355 e. The fourth-order valence-corrected chi connectivity index (χ4v) is 3.33. The maximum atomic E-state index is 12.2. The number of carbonyl (C=O) groups excluding carboxylic acids is 2. The lowest BCUT2D eigenvalue weighted by molar-refractivity contribution is 0.0951. The Labute approximate surface area is 118 Å². The number of rotatable bonds is 1. The lowest BCUT2D eigenvalue weighted by Crippen LogP contribution is -2.29. The predicted octanol–water partition coefficient (Wildman–Crippen LogP) is 0.435. The van der Waals surface area contributed by atoms with Gasteiger partial charge in [0.15, 0.2) is 0 Å². The predicted molar refractivity (Wildman–Crippen MR) is 75.9 cm³/mol. The molecule has 2 amide bonds. The summed E-state index contributed by atoms with van der Waals surface area (Å²) in [5, 5.41) is 5.57. The SMILES string of the molecule is CNC(=O)c1ccc2c(c1)C(=O)NC[C@H]1CN(C)C[C@H]21.